The molecule has 1 aliphatic heterocycles. The lowest BCUT2D eigenvalue weighted by Crippen LogP contribution is -2.40. The summed E-state index contributed by atoms with van der Waals surface area (Å²) in [6.45, 7) is 1.16. The van der Waals surface area contributed by atoms with Gasteiger partial charge in [-0.3, -0.25) is 19.7 Å². The molecule has 8 nitrogen and oxygen atoms in total. The zero-order valence-electron chi connectivity index (χ0n) is 16.4. The van der Waals surface area contributed by atoms with Gasteiger partial charge < -0.3 is 15.3 Å². The fourth-order valence-corrected chi connectivity index (χ4v) is 3.17. The summed E-state index contributed by atoms with van der Waals surface area (Å²) in [5.41, 5.74) is 2.12. The third kappa shape index (κ3) is 5.99. The Morgan fingerprint density at radius 1 is 1.10 bits per heavy atom. The van der Waals surface area contributed by atoms with Gasteiger partial charge in [0, 0.05) is 37.0 Å². The number of carbonyl (C=O) groups is 2. The molecular formula is C22H23N3O5. The highest BCUT2D eigenvalue weighted by molar-refractivity contribution is 6.01. The molecule has 0 unspecified atom stereocenters. The van der Waals surface area contributed by atoms with E-state index in [0.29, 0.717) is 37.2 Å². The summed E-state index contributed by atoms with van der Waals surface area (Å²) in [6.07, 6.45) is 4.12. The van der Waals surface area contributed by atoms with Crippen LogP contribution >= 0.6 is 0 Å². The monoisotopic (exact) mass is 409 g/mol. The number of rotatable bonds is 6. The average molecular weight is 409 g/mol. The van der Waals surface area contributed by atoms with E-state index in [4.69, 9.17) is 0 Å². The Morgan fingerprint density at radius 3 is 2.33 bits per heavy atom. The standard InChI is InChI=1S/C22H23N3O5/c26-20-11-13-24(14-12-20)22(28)15-17-1-6-18(7-2-17)23-21(27)10-5-16-3-8-19(9-4-16)25(29)30/h1-10,20,26H,11-15H2,(H,23,27)/b10-5+. The van der Waals surface area contributed by atoms with E-state index in [0.717, 1.165) is 5.56 Å². The van der Waals surface area contributed by atoms with Gasteiger partial charge in [-0.15, -0.1) is 0 Å². The number of carbonyl (C=O) groups excluding carboxylic acids is 2. The molecule has 2 aromatic carbocycles. The molecule has 156 valence electrons. The summed E-state index contributed by atoms with van der Waals surface area (Å²) >= 11 is 0. The Hall–Kier alpha value is -3.52. The summed E-state index contributed by atoms with van der Waals surface area (Å²) in [7, 11) is 0. The molecule has 0 bridgehead atoms. The number of hydrogen-bond donors (Lipinski definition) is 2. The molecule has 2 aromatic rings. The van der Waals surface area contributed by atoms with Crippen LogP contribution in [-0.2, 0) is 16.0 Å². The first-order valence-corrected chi connectivity index (χ1v) is 9.69. The molecule has 1 aliphatic rings. The minimum absolute atomic E-state index is 0.00643. The maximum Gasteiger partial charge on any atom is 0.269 e. The molecule has 1 saturated heterocycles. The first kappa shape index (κ1) is 21.2. The van der Waals surface area contributed by atoms with E-state index in [1.807, 2.05) is 0 Å². The van der Waals surface area contributed by atoms with Crippen molar-refractivity contribution in [3.8, 4) is 0 Å². The van der Waals surface area contributed by atoms with Crippen molar-refractivity contribution in [2.75, 3.05) is 18.4 Å². The SMILES string of the molecule is O=C(/C=C/c1ccc([N+](=O)[O-])cc1)Nc1ccc(CC(=O)N2CCC(O)CC2)cc1. The zero-order chi connectivity index (χ0) is 21.5. The molecule has 1 heterocycles. The predicted octanol–water partition coefficient (Wildman–Crippen LogP) is 2.77. The highest BCUT2D eigenvalue weighted by atomic mass is 16.6. The molecule has 8 heteroatoms. The van der Waals surface area contributed by atoms with Crippen LogP contribution in [0.15, 0.2) is 54.6 Å². The van der Waals surface area contributed by atoms with Crippen molar-refractivity contribution < 1.29 is 19.6 Å². The van der Waals surface area contributed by atoms with Gasteiger partial charge in [0.15, 0.2) is 0 Å². The van der Waals surface area contributed by atoms with Gasteiger partial charge in [0.05, 0.1) is 17.4 Å². The van der Waals surface area contributed by atoms with Crippen LogP contribution in [0.5, 0.6) is 0 Å². The van der Waals surface area contributed by atoms with Crippen LogP contribution in [0.25, 0.3) is 6.08 Å². The molecule has 0 aliphatic carbocycles. The Balaban J connectivity index is 1.50. The number of benzene rings is 2. The molecule has 0 spiro atoms. The van der Waals surface area contributed by atoms with Crippen LogP contribution in [0.2, 0.25) is 0 Å². The summed E-state index contributed by atoms with van der Waals surface area (Å²) in [6, 6.07) is 13.0. The Kier molecular flexibility index (Phi) is 6.92. The van der Waals surface area contributed by atoms with Crippen LogP contribution in [0, 0.1) is 10.1 Å². The van der Waals surface area contributed by atoms with Gasteiger partial charge >= 0.3 is 0 Å². The Bertz CT molecular complexity index is 930. The molecule has 3 rings (SSSR count). The number of anilines is 1. The summed E-state index contributed by atoms with van der Waals surface area (Å²) in [5, 5.41) is 22.9. The molecule has 0 saturated carbocycles. The number of amides is 2. The van der Waals surface area contributed by atoms with Crippen molar-refractivity contribution >= 4 is 29.3 Å². The van der Waals surface area contributed by atoms with E-state index in [9.17, 15) is 24.8 Å². The van der Waals surface area contributed by atoms with Gasteiger partial charge in [-0.1, -0.05) is 12.1 Å². The number of nitrogens with zero attached hydrogens (tertiary/aromatic N) is 2. The molecule has 0 aromatic heterocycles. The number of non-ortho nitro benzene ring substituents is 1. The largest absolute Gasteiger partial charge is 0.393 e. The average Bonchev–Trinajstić information content (AvgIpc) is 2.74. The third-order valence-electron chi connectivity index (χ3n) is 4.93. The number of likely N-dealkylation sites (tertiary alicyclic amines) is 1. The van der Waals surface area contributed by atoms with Crippen LogP contribution in [0.1, 0.15) is 24.0 Å². The quantitative estimate of drug-likeness (QED) is 0.433. The van der Waals surface area contributed by atoms with Crippen molar-refractivity contribution in [3.05, 3.63) is 75.8 Å². The Morgan fingerprint density at radius 2 is 1.73 bits per heavy atom. The number of piperidine rings is 1. The highest BCUT2D eigenvalue weighted by Gasteiger charge is 2.21. The summed E-state index contributed by atoms with van der Waals surface area (Å²) in [4.78, 5) is 36.4. The minimum Gasteiger partial charge on any atom is -0.393 e. The second-order valence-electron chi connectivity index (χ2n) is 7.16. The number of nitrogens with one attached hydrogen (secondary N) is 1. The molecule has 2 amide bonds. The number of aliphatic hydroxyl groups excluding tert-OH is 1. The maximum atomic E-state index is 12.3. The lowest BCUT2D eigenvalue weighted by Gasteiger charge is -2.29. The van der Waals surface area contributed by atoms with Gasteiger partial charge in [0.1, 0.15) is 0 Å². The summed E-state index contributed by atoms with van der Waals surface area (Å²) < 4.78 is 0. The second kappa shape index (κ2) is 9.80. The number of nitro groups is 1. The van der Waals surface area contributed by atoms with Crippen LogP contribution in [0.3, 0.4) is 0 Å². The number of aliphatic hydroxyl groups is 1. The van der Waals surface area contributed by atoms with Crippen molar-refractivity contribution in [3.63, 3.8) is 0 Å². The molecule has 30 heavy (non-hydrogen) atoms. The highest BCUT2D eigenvalue weighted by Crippen LogP contribution is 2.15. The molecular weight excluding hydrogens is 386 g/mol. The van der Waals surface area contributed by atoms with Crippen LogP contribution in [-0.4, -0.2) is 45.9 Å². The fraction of sp³-hybridized carbons (Fsp3) is 0.273. The smallest absolute Gasteiger partial charge is 0.269 e. The van der Waals surface area contributed by atoms with Gasteiger partial charge in [-0.25, -0.2) is 0 Å². The van der Waals surface area contributed by atoms with Crippen LogP contribution in [0.4, 0.5) is 11.4 Å². The third-order valence-corrected chi connectivity index (χ3v) is 4.93. The van der Waals surface area contributed by atoms with Gasteiger partial charge in [-0.2, -0.15) is 0 Å². The molecule has 1 fully saturated rings. The first-order chi connectivity index (χ1) is 14.4. The van der Waals surface area contributed by atoms with Crippen molar-refractivity contribution in [1.29, 1.82) is 0 Å². The predicted molar refractivity (Wildman–Crippen MR) is 113 cm³/mol. The maximum absolute atomic E-state index is 12.3. The van der Waals surface area contributed by atoms with E-state index >= 15 is 0 Å². The summed E-state index contributed by atoms with van der Waals surface area (Å²) in [5.74, 6) is -0.297. The lowest BCUT2D eigenvalue weighted by atomic mass is 10.1. The second-order valence-corrected chi connectivity index (χ2v) is 7.16. The minimum atomic E-state index is -0.478. The van der Waals surface area contributed by atoms with E-state index in [1.54, 1.807) is 47.4 Å². The molecule has 0 radical (unpaired) electrons. The molecule has 2 N–H and O–H groups in total. The van der Waals surface area contributed by atoms with Crippen LogP contribution < -0.4 is 5.32 Å². The van der Waals surface area contributed by atoms with E-state index in [1.165, 1.54) is 18.2 Å². The van der Waals surface area contributed by atoms with E-state index < -0.39 is 4.92 Å². The molecule has 0 atom stereocenters. The van der Waals surface area contributed by atoms with Crippen molar-refractivity contribution in [1.82, 2.24) is 4.90 Å². The Labute approximate surface area is 174 Å². The number of hydrogen-bond acceptors (Lipinski definition) is 5. The van der Waals surface area contributed by atoms with Gasteiger partial charge in [0.25, 0.3) is 5.69 Å². The van der Waals surface area contributed by atoms with Gasteiger partial charge in [0.2, 0.25) is 11.8 Å². The lowest BCUT2D eigenvalue weighted by molar-refractivity contribution is -0.384. The number of nitro benzene ring substituents is 1. The zero-order valence-corrected chi connectivity index (χ0v) is 16.4. The topological polar surface area (TPSA) is 113 Å². The normalized spacial score (nSPS) is 14.6. The van der Waals surface area contributed by atoms with Crippen molar-refractivity contribution in [2.45, 2.75) is 25.4 Å². The van der Waals surface area contributed by atoms with E-state index in [2.05, 4.69) is 5.32 Å². The van der Waals surface area contributed by atoms with E-state index in [-0.39, 0.29) is 30.0 Å². The first-order valence-electron chi connectivity index (χ1n) is 9.69. The van der Waals surface area contributed by atoms with Crippen molar-refractivity contribution in [2.24, 2.45) is 0 Å². The fourth-order valence-electron chi connectivity index (χ4n) is 3.17. The van der Waals surface area contributed by atoms with Gasteiger partial charge in [-0.05, 0) is 54.3 Å².